The van der Waals surface area contributed by atoms with Crippen LogP contribution in [-0.2, 0) is 0 Å². The van der Waals surface area contributed by atoms with Crippen molar-refractivity contribution in [2.24, 2.45) is 5.92 Å². The van der Waals surface area contributed by atoms with Crippen LogP contribution >= 0.6 is 0 Å². The van der Waals surface area contributed by atoms with E-state index in [-0.39, 0.29) is 0 Å². The second kappa shape index (κ2) is 4.64. The number of hydrogen-bond donors (Lipinski definition) is 0. The van der Waals surface area contributed by atoms with Gasteiger partial charge < -0.3 is 4.90 Å². The summed E-state index contributed by atoms with van der Waals surface area (Å²) >= 11 is 0. The van der Waals surface area contributed by atoms with Crippen LogP contribution in [0.5, 0.6) is 0 Å². The van der Waals surface area contributed by atoms with Crippen LogP contribution in [0, 0.1) is 12.8 Å². The van der Waals surface area contributed by atoms with E-state index in [4.69, 9.17) is 0 Å². The van der Waals surface area contributed by atoms with Crippen molar-refractivity contribution >= 4 is 12.1 Å². The van der Waals surface area contributed by atoms with E-state index in [0.717, 1.165) is 36.7 Å². The minimum Gasteiger partial charge on any atom is -0.356 e. The van der Waals surface area contributed by atoms with Gasteiger partial charge in [-0.1, -0.05) is 6.92 Å². The molecule has 16 heavy (non-hydrogen) atoms. The molecule has 1 fully saturated rings. The molecule has 0 radical (unpaired) electrons. The van der Waals surface area contributed by atoms with Gasteiger partial charge in [0.25, 0.3) is 0 Å². The van der Waals surface area contributed by atoms with Crippen molar-refractivity contribution < 1.29 is 4.79 Å². The zero-order chi connectivity index (χ0) is 11.5. The molecule has 3 nitrogen and oxygen atoms in total. The molecule has 0 N–H and O–H groups in total. The molecule has 3 heteroatoms. The average molecular weight is 218 g/mol. The van der Waals surface area contributed by atoms with E-state index >= 15 is 0 Å². The maximum absolute atomic E-state index is 10.6. The SMILES string of the molecule is Cc1cc(C=O)cnc1N1CCC(C)CC1. The van der Waals surface area contributed by atoms with Crippen LogP contribution in [0.1, 0.15) is 35.7 Å². The molecule has 86 valence electrons. The van der Waals surface area contributed by atoms with Crippen molar-refractivity contribution in [2.45, 2.75) is 26.7 Å². The first-order valence-corrected chi connectivity index (χ1v) is 5.87. The summed E-state index contributed by atoms with van der Waals surface area (Å²) in [5, 5.41) is 0. The summed E-state index contributed by atoms with van der Waals surface area (Å²) in [5.41, 5.74) is 1.76. The van der Waals surface area contributed by atoms with Gasteiger partial charge in [-0.3, -0.25) is 4.79 Å². The molecule has 2 heterocycles. The van der Waals surface area contributed by atoms with Gasteiger partial charge in [-0.15, -0.1) is 0 Å². The summed E-state index contributed by atoms with van der Waals surface area (Å²) in [6, 6.07) is 1.91. The standard InChI is InChI=1S/C13H18N2O/c1-10-3-5-15(6-4-10)13-11(2)7-12(9-16)8-14-13/h7-10H,3-6H2,1-2H3. The quantitative estimate of drug-likeness (QED) is 0.715. The molecular formula is C13H18N2O. The Morgan fingerprint density at radius 2 is 2.12 bits per heavy atom. The van der Waals surface area contributed by atoms with Crippen molar-refractivity contribution in [3.8, 4) is 0 Å². The highest BCUT2D eigenvalue weighted by Gasteiger charge is 2.18. The Morgan fingerprint density at radius 3 is 2.69 bits per heavy atom. The Morgan fingerprint density at radius 1 is 1.44 bits per heavy atom. The zero-order valence-corrected chi connectivity index (χ0v) is 9.94. The number of nitrogens with zero attached hydrogens (tertiary/aromatic N) is 2. The molecule has 1 aliphatic rings. The van der Waals surface area contributed by atoms with E-state index in [0.29, 0.717) is 5.56 Å². The van der Waals surface area contributed by atoms with Crippen LogP contribution in [0.3, 0.4) is 0 Å². The normalized spacial score (nSPS) is 17.5. The summed E-state index contributed by atoms with van der Waals surface area (Å²) in [5.74, 6) is 1.86. The number of pyridine rings is 1. The fourth-order valence-electron chi connectivity index (χ4n) is 2.21. The minimum absolute atomic E-state index is 0.659. The van der Waals surface area contributed by atoms with Crippen LogP contribution in [0.2, 0.25) is 0 Å². The fourth-order valence-corrected chi connectivity index (χ4v) is 2.21. The molecule has 1 aromatic heterocycles. The van der Waals surface area contributed by atoms with Crippen molar-refractivity contribution in [2.75, 3.05) is 18.0 Å². The topological polar surface area (TPSA) is 33.2 Å². The van der Waals surface area contributed by atoms with Gasteiger partial charge in [0.15, 0.2) is 6.29 Å². The van der Waals surface area contributed by atoms with Gasteiger partial charge in [-0.25, -0.2) is 4.98 Å². The summed E-state index contributed by atoms with van der Waals surface area (Å²) in [6.07, 6.45) is 4.97. The van der Waals surface area contributed by atoms with Gasteiger partial charge in [-0.05, 0) is 37.3 Å². The largest absolute Gasteiger partial charge is 0.356 e. The molecule has 0 saturated carbocycles. The molecule has 2 rings (SSSR count). The molecular weight excluding hydrogens is 200 g/mol. The number of anilines is 1. The highest BCUT2D eigenvalue weighted by Crippen LogP contribution is 2.24. The second-order valence-corrected chi connectivity index (χ2v) is 4.70. The van der Waals surface area contributed by atoms with Crippen molar-refractivity contribution in [3.05, 3.63) is 23.4 Å². The Labute approximate surface area is 96.5 Å². The second-order valence-electron chi connectivity index (χ2n) is 4.70. The highest BCUT2D eigenvalue weighted by atomic mass is 16.1. The van der Waals surface area contributed by atoms with E-state index in [1.165, 1.54) is 12.8 Å². The summed E-state index contributed by atoms with van der Waals surface area (Å²) in [4.78, 5) is 17.4. The molecule has 0 spiro atoms. The first-order chi connectivity index (χ1) is 7.70. The number of piperidine rings is 1. The lowest BCUT2D eigenvalue weighted by Crippen LogP contribution is -2.33. The smallest absolute Gasteiger partial charge is 0.151 e. The van der Waals surface area contributed by atoms with Gasteiger partial charge in [0, 0.05) is 24.8 Å². The Bertz CT molecular complexity index is 382. The lowest BCUT2D eigenvalue weighted by Gasteiger charge is -2.32. The van der Waals surface area contributed by atoms with Gasteiger partial charge in [-0.2, -0.15) is 0 Å². The minimum atomic E-state index is 0.659. The number of carbonyl (C=O) groups excluding carboxylic acids is 1. The van der Waals surface area contributed by atoms with Crippen LogP contribution in [0.25, 0.3) is 0 Å². The fraction of sp³-hybridized carbons (Fsp3) is 0.538. The van der Waals surface area contributed by atoms with E-state index in [9.17, 15) is 4.79 Å². The maximum atomic E-state index is 10.6. The van der Waals surface area contributed by atoms with Crippen molar-refractivity contribution in [1.82, 2.24) is 4.98 Å². The lowest BCUT2D eigenvalue weighted by molar-refractivity contribution is 0.112. The molecule has 1 aliphatic heterocycles. The van der Waals surface area contributed by atoms with E-state index in [1.54, 1.807) is 6.20 Å². The maximum Gasteiger partial charge on any atom is 0.151 e. The third-order valence-corrected chi connectivity index (χ3v) is 3.29. The number of rotatable bonds is 2. The van der Waals surface area contributed by atoms with Gasteiger partial charge in [0.05, 0.1) is 0 Å². The first kappa shape index (κ1) is 11.1. The number of aromatic nitrogens is 1. The van der Waals surface area contributed by atoms with Crippen LogP contribution in [0.4, 0.5) is 5.82 Å². The number of hydrogen-bond acceptors (Lipinski definition) is 3. The Kier molecular flexibility index (Phi) is 3.22. The van der Waals surface area contributed by atoms with E-state index < -0.39 is 0 Å². The molecule has 0 aliphatic carbocycles. The molecule has 1 aromatic rings. The van der Waals surface area contributed by atoms with Crippen LogP contribution in [0.15, 0.2) is 12.3 Å². The van der Waals surface area contributed by atoms with Crippen LogP contribution < -0.4 is 4.90 Å². The van der Waals surface area contributed by atoms with E-state index in [2.05, 4.69) is 16.8 Å². The van der Waals surface area contributed by atoms with Gasteiger partial charge in [0.2, 0.25) is 0 Å². The number of aldehydes is 1. The molecule has 0 unspecified atom stereocenters. The van der Waals surface area contributed by atoms with Crippen LogP contribution in [-0.4, -0.2) is 24.4 Å². The Balaban J connectivity index is 2.17. The molecule has 0 amide bonds. The van der Waals surface area contributed by atoms with Gasteiger partial charge in [0.1, 0.15) is 5.82 Å². The average Bonchev–Trinajstić information content (AvgIpc) is 2.30. The summed E-state index contributed by atoms with van der Waals surface area (Å²) < 4.78 is 0. The van der Waals surface area contributed by atoms with E-state index in [1.807, 2.05) is 13.0 Å². The summed E-state index contributed by atoms with van der Waals surface area (Å²) in [7, 11) is 0. The number of carbonyl (C=O) groups is 1. The molecule has 0 aromatic carbocycles. The molecule has 0 atom stereocenters. The predicted molar refractivity (Wildman–Crippen MR) is 65.0 cm³/mol. The van der Waals surface area contributed by atoms with Gasteiger partial charge >= 0.3 is 0 Å². The van der Waals surface area contributed by atoms with Crippen molar-refractivity contribution in [1.29, 1.82) is 0 Å². The van der Waals surface area contributed by atoms with Crippen molar-refractivity contribution in [3.63, 3.8) is 0 Å². The predicted octanol–water partition coefficient (Wildman–Crippen LogP) is 2.44. The number of aryl methyl sites for hydroxylation is 1. The third-order valence-electron chi connectivity index (χ3n) is 3.29. The Hall–Kier alpha value is -1.38. The zero-order valence-electron chi connectivity index (χ0n) is 9.94. The summed E-state index contributed by atoms with van der Waals surface area (Å²) in [6.45, 7) is 6.48. The molecule has 0 bridgehead atoms. The monoisotopic (exact) mass is 218 g/mol. The third kappa shape index (κ3) is 2.23. The first-order valence-electron chi connectivity index (χ1n) is 5.87. The lowest BCUT2D eigenvalue weighted by atomic mass is 9.99. The molecule has 1 saturated heterocycles. The highest BCUT2D eigenvalue weighted by molar-refractivity contribution is 5.75.